The van der Waals surface area contributed by atoms with E-state index in [9.17, 15) is 14.4 Å². The van der Waals surface area contributed by atoms with Crippen molar-refractivity contribution in [3.8, 4) is 5.75 Å². The van der Waals surface area contributed by atoms with Gasteiger partial charge in [-0.2, -0.15) is 0 Å². The van der Waals surface area contributed by atoms with Gasteiger partial charge in [-0.15, -0.1) is 0 Å². The van der Waals surface area contributed by atoms with Crippen molar-refractivity contribution in [3.63, 3.8) is 0 Å². The van der Waals surface area contributed by atoms with Crippen LogP contribution < -0.4 is 15.7 Å². The number of aryl methyl sites for hydroxylation is 2. The monoisotopic (exact) mass is 451 g/mol. The van der Waals surface area contributed by atoms with Crippen molar-refractivity contribution in [3.05, 3.63) is 75.6 Å². The molecule has 1 amide bonds. The number of fused-ring (bicyclic) bond motifs is 1. The van der Waals surface area contributed by atoms with Gasteiger partial charge in [0.25, 0.3) is 0 Å². The average Bonchev–Trinajstić information content (AvgIpc) is 2.79. The number of hydrogen-bond acceptors (Lipinski definition) is 6. The highest BCUT2D eigenvalue weighted by Gasteiger charge is 2.15. The first-order valence-electron chi connectivity index (χ1n) is 11.2. The van der Waals surface area contributed by atoms with Crippen LogP contribution in [-0.2, 0) is 22.6 Å². The minimum absolute atomic E-state index is 0.121. The number of amides is 1. The van der Waals surface area contributed by atoms with Gasteiger partial charge in [-0.25, -0.2) is 9.59 Å². The Kier molecular flexibility index (Phi) is 8.63. The number of carbonyl (C=O) groups excluding carboxylic acids is 2. The number of alkyl carbamates (subject to hydrolysis) is 1. The van der Waals surface area contributed by atoms with Gasteiger partial charge in [-0.1, -0.05) is 43.7 Å². The zero-order valence-corrected chi connectivity index (χ0v) is 19.0. The molecule has 7 heteroatoms. The van der Waals surface area contributed by atoms with E-state index in [-0.39, 0.29) is 19.6 Å². The molecule has 1 N–H and O–H groups in total. The van der Waals surface area contributed by atoms with Crippen LogP contribution in [0, 0.1) is 6.92 Å². The summed E-state index contributed by atoms with van der Waals surface area (Å²) in [7, 11) is 0. The first-order chi connectivity index (χ1) is 16.0. The van der Waals surface area contributed by atoms with Gasteiger partial charge in [0.05, 0.1) is 5.39 Å². The second kappa shape index (κ2) is 11.9. The van der Waals surface area contributed by atoms with Crippen LogP contribution in [0.3, 0.4) is 0 Å². The molecule has 0 aliphatic rings. The summed E-state index contributed by atoms with van der Waals surface area (Å²) < 4.78 is 16.1. The van der Waals surface area contributed by atoms with Gasteiger partial charge in [0, 0.05) is 19.0 Å². The number of hydrogen-bond donors (Lipinski definition) is 1. The van der Waals surface area contributed by atoms with E-state index in [4.69, 9.17) is 13.9 Å². The average molecular weight is 452 g/mol. The highest BCUT2D eigenvalue weighted by Crippen LogP contribution is 2.31. The van der Waals surface area contributed by atoms with Gasteiger partial charge < -0.3 is 19.2 Å². The van der Waals surface area contributed by atoms with Gasteiger partial charge in [0.2, 0.25) is 0 Å². The van der Waals surface area contributed by atoms with Crippen molar-refractivity contribution in [1.29, 1.82) is 0 Å². The summed E-state index contributed by atoms with van der Waals surface area (Å²) in [6.07, 6.45) is 2.57. The van der Waals surface area contributed by atoms with Crippen LogP contribution in [-0.4, -0.2) is 18.6 Å². The number of rotatable bonds is 10. The van der Waals surface area contributed by atoms with Crippen molar-refractivity contribution in [2.75, 3.05) is 6.54 Å². The fourth-order valence-electron chi connectivity index (χ4n) is 3.49. The van der Waals surface area contributed by atoms with Crippen LogP contribution >= 0.6 is 0 Å². The van der Waals surface area contributed by atoms with E-state index in [0.29, 0.717) is 29.6 Å². The smallest absolute Gasteiger partial charge is 0.407 e. The summed E-state index contributed by atoms with van der Waals surface area (Å²) in [5.41, 5.74) is 2.54. The van der Waals surface area contributed by atoms with Gasteiger partial charge >= 0.3 is 17.7 Å². The molecular weight excluding hydrogens is 422 g/mol. The molecule has 0 fully saturated rings. The number of benzene rings is 2. The van der Waals surface area contributed by atoms with Crippen molar-refractivity contribution in [2.24, 2.45) is 0 Å². The molecule has 0 radical (unpaired) electrons. The highest BCUT2D eigenvalue weighted by atomic mass is 16.5. The molecular formula is C26H29NO6. The normalized spacial score (nSPS) is 10.7. The predicted molar refractivity (Wildman–Crippen MR) is 125 cm³/mol. The maximum absolute atomic E-state index is 12.5. The summed E-state index contributed by atoms with van der Waals surface area (Å²) in [5.74, 6) is -0.0333. The third-order valence-electron chi connectivity index (χ3n) is 5.10. The van der Waals surface area contributed by atoms with E-state index in [1.54, 1.807) is 12.1 Å². The van der Waals surface area contributed by atoms with Crippen LogP contribution in [0.25, 0.3) is 11.0 Å². The Bertz CT molecular complexity index is 1150. The Morgan fingerprint density at radius 3 is 2.61 bits per heavy atom. The van der Waals surface area contributed by atoms with E-state index in [2.05, 4.69) is 12.2 Å². The SMILES string of the molecule is CCCCc1cc(=O)oc2cc(C)cc(OC(=O)CCCNC(=O)OCc3ccccc3)c12. The number of unbranched alkanes of at least 4 members (excludes halogenated alkanes) is 1. The zero-order valence-electron chi connectivity index (χ0n) is 19.0. The zero-order chi connectivity index (χ0) is 23.6. The van der Waals surface area contributed by atoms with Crippen molar-refractivity contribution in [2.45, 2.75) is 52.6 Å². The maximum atomic E-state index is 12.5. The number of esters is 1. The molecule has 33 heavy (non-hydrogen) atoms. The molecule has 174 valence electrons. The molecule has 0 spiro atoms. The standard InChI is InChI=1S/C26H29NO6/c1-3-4-11-20-16-24(29)33-22-15-18(2)14-21(25(20)22)32-23(28)12-8-13-27-26(30)31-17-19-9-6-5-7-10-19/h5-7,9-10,14-16H,3-4,8,11-13,17H2,1-2H3,(H,27,30). The second-order valence-corrected chi connectivity index (χ2v) is 7.90. The quantitative estimate of drug-likeness (QED) is 0.200. The molecule has 0 aliphatic heterocycles. The molecule has 0 saturated carbocycles. The third kappa shape index (κ3) is 7.20. The first-order valence-corrected chi connectivity index (χ1v) is 11.2. The number of ether oxygens (including phenoxy) is 2. The lowest BCUT2D eigenvalue weighted by Gasteiger charge is -2.12. The van der Waals surface area contributed by atoms with Crippen LogP contribution in [0.4, 0.5) is 4.79 Å². The largest absolute Gasteiger partial charge is 0.445 e. The van der Waals surface area contributed by atoms with E-state index >= 15 is 0 Å². The Morgan fingerprint density at radius 1 is 1.06 bits per heavy atom. The second-order valence-electron chi connectivity index (χ2n) is 7.90. The molecule has 1 heterocycles. The van der Waals surface area contributed by atoms with Gasteiger partial charge in [0.15, 0.2) is 0 Å². The number of carbonyl (C=O) groups is 2. The van der Waals surface area contributed by atoms with E-state index < -0.39 is 17.7 Å². The molecule has 7 nitrogen and oxygen atoms in total. The number of nitrogens with one attached hydrogen (secondary N) is 1. The fourth-order valence-corrected chi connectivity index (χ4v) is 3.49. The molecule has 1 aromatic heterocycles. The molecule has 0 saturated heterocycles. The molecule has 0 atom stereocenters. The van der Waals surface area contributed by atoms with E-state index in [1.807, 2.05) is 37.3 Å². The van der Waals surface area contributed by atoms with Crippen LogP contribution in [0.15, 0.2) is 57.7 Å². The highest BCUT2D eigenvalue weighted by molar-refractivity contribution is 5.90. The van der Waals surface area contributed by atoms with Crippen LogP contribution in [0.2, 0.25) is 0 Å². The lowest BCUT2D eigenvalue weighted by molar-refractivity contribution is -0.134. The van der Waals surface area contributed by atoms with Gasteiger partial charge in [-0.05, 0) is 55.0 Å². The van der Waals surface area contributed by atoms with Crippen molar-refractivity contribution >= 4 is 23.0 Å². The molecule has 0 aliphatic carbocycles. The Hall–Kier alpha value is -3.61. The van der Waals surface area contributed by atoms with Crippen molar-refractivity contribution < 1.29 is 23.5 Å². The van der Waals surface area contributed by atoms with E-state index in [0.717, 1.165) is 29.5 Å². The minimum Gasteiger partial charge on any atom is -0.445 e. The Labute approximate surface area is 192 Å². The third-order valence-corrected chi connectivity index (χ3v) is 5.10. The van der Waals surface area contributed by atoms with Crippen LogP contribution in [0.5, 0.6) is 5.75 Å². The summed E-state index contributed by atoms with van der Waals surface area (Å²) >= 11 is 0. The first kappa shape index (κ1) is 24.0. The maximum Gasteiger partial charge on any atom is 0.407 e. The predicted octanol–water partition coefficient (Wildman–Crippen LogP) is 5.06. The molecule has 2 aromatic carbocycles. The summed E-state index contributed by atoms with van der Waals surface area (Å²) in [6, 6.07) is 14.4. The Morgan fingerprint density at radius 2 is 1.85 bits per heavy atom. The summed E-state index contributed by atoms with van der Waals surface area (Å²) in [6.45, 7) is 4.39. The summed E-state index contributed by atoms with van der Waals surface area (Å²) in [5, 5.41) is 3.29. The van der Waals surface area contributed by atoms with Crippen molar-refractivity contribution in [1.82, 2.24) is 5.32 Å². The minimum atomic E-state index is -0.535. The molecule has 3 aromatic rings. The topological polar surface area (TPSA) is 94.8 Å². The van der Waals surface area contributed by atoms with E-state index in [1.165, 1.54) is 6.07 Å². The fraction of sp³-hybridized carbons (Fsp3) is 0.346. The molecule has 3 rings (SSSR count). The molecule has 0 bridgehead atoms. The van der Waals surface area contributed by atoms with Gasteiger partial charge in [0.1, 0.15) is 17.9 Å². The van der Waals surface area contributed by atoms with Crippen LogP contribution in [0.1, 0.15) is 49.3 Å². The summed E-state index contributed by atoms with van der Waals surface area (Å²) in [4.78, 5) is 36.2. The lowest BCUT2D eigenvalue weighted by atomic mass is 10.0. The Balaban J connectivity index is 1.55. The van der Waals surface area contributed by atoms with Gasteiger partial charge in [-0.3, -0.25) is 4.79 Å². The molecule has 0 unspecified atom stereocenters. The lowest BCUT2D eigenvalue weighted by Crippen LogP contribution is -2.26.